The lowest BCUT2D eigenvalue weighted by Gasteiger charge is -2.43. The van der Waals surface area contributed by atoms with Gasteiger partial charge in [-0.3, -0.25) is 0 Å². The monoisotopic (exact) mass is 987 g/mol. The predicted octanol–water partition coefficient (Wildman–Crippen LogP) is 3.87. The molecule has 2 rings (SSSR count). The molecule has 2 aliphatic heterocycles. The van der Waals surface area contributed by atoms with Crippen molar-refractivity contribution in [2.45, 2.75) is 222 Å². The normalized spacial score (nSPS) is 26.5. The minimum Gasteiger partial charge on any atom is -0.506 e. The highest BCUT2D eigenvalue weighted by molar-refractivity contribution is 5.17. The van der Waals surface area contributed by atoms with Crippen molar-refractivity contribution in [3.05, 3.63) is 34.6 Å². The third kappa shape index (κ3) is 19.6. The summed E-state index contributed by atoms with van der Waals surface area (Å²) in [5.74, 6) is -9.21. The summed E-state index contributed by atoms with van der Waals surface area (Å²) < 4.78 is 28.6. The van der Waals surface area contributed by atoms with Gasteiger partial charge in [0.25, 0.3) is 0 Å². The van der Waals surface area contributed by atoms with E-state index in [4.69, 9.17) is 33.9 Å². The highest BCUT2D eigenvalue weighted by atomic mass is 16.7. The van der Waals surface area contributed by atoms with Crippen molar-refractivity contribution in [1.82, 2.24) is 0 Å². The first-order chi connectivity index (χ1) is 32.4. The Morgan fingerprint density at radius 1 is 0.632 bits per heavy atom. The van der Waals surface area contributed by atoms with Crippen LogP contribution in [-0.4, -0.2) is 182 Å². The van der Waals surface area contributed by atoms with Gasteiger partial charge in [0.2, 0.25) is 18.4 Å². The van der Waals surface area contributed by atoms with Gasteiger partial charge in [0.05, 0.1) is 19.8 Å². The molecule has 16 N–H and O–H groups in total. The first kappa shape index (κ1) is 61.5. The fourth-order valence-electron chi connectivity index (χ4n) is 8.40. The summed E-state index contributed by atoms with van der Waals surface area (Å²) in [7, 11) is 0. The van der Waals surface area contributed by atoms with Crippen LogP contribution in [-0.2, 0) is 23.7 Å². The first-order valence-electron chi connectivity index (χ1n) is 24.6. The molecule has 0 aromatic heterocycles. The van der Waals surface area contributed by atoms with Gasteiger partial charge in [-0.1, -0.05) is 117 Å². The molecule has 2 fully saturated rings. The maximum Gasteiger partial charge on any atom is 0.229 e. The number of hydrogen-bond donors (Lipinski definition) is 16. The second-order valence-electron chi connectivity index (χ2n) is 18.3. The summed E-state index contributed by atoms with van der Waals surface area (Å²) in [6, 6.07) is 0. The second kappa shape index (κ2) is 32.4. The van der Waals surface area contributed by atoms with Gasteiger partial charge >= 0.3 is 0 Å². The fourth-order valence-corrected chi connectivity index (χ4v) is 8.40. The van der Waals surface area contributed by atoms with Crippen LogP contribution in [0, 0.1) is 5.41 Å². The molecule has 3 unspecified atom stereocenters. The van der Waals surface area contributed by atoms with Crippen molar-refractivity contribution in [2.75, 3.05) is 33.0 Å². The Kier molecular flexibility index (Phi) is 29.3. The number of aliphatic hydroxyl groups excluding tert-OH is 15. The van der Waals surface area contributed by atoms with Crippen molar-refractivity contribution in [2.24, 2.45) is 5.41 Å². The molecule has 0 aliphatic carbocycles. The van der Waals surface area contributed by atoms with Crippen LogP contribution in [0.5, 0.6) is 0 Å². The number of ether oxygens (including phenoxy) is 5. The Hall–Kier alpha value is -2.58. The highest BCUT2D eigenvalue weighted by Crippen LogP contribution is 2.39. The zero-order valence-electron chi connectivity index (χ0n) is 40.1. The molecule has 21 nitrogen and oxygen atoms in total. The number of rotatable bonds is 37. The van der Waals surface area contributed by atoms with Crippen LogP contribution in [0.1, 0.15) is 155 Å². The van der Waals surface area contributed by atoms with Gasteiger partial charge in [0.1, 0.15) is 42.7 Å². The molecule has 0 aromatic carbocycles. The van der Waals surface area contributed by atoms with E-state index in [2.05, 4.69) is 13.8 Å². The molecule has 21 heteroatoms. The van der Waals surface area contributed by atoms with Crippen molar-refractivity contribution in [3.63, 3.8) is 0 Å². The van der Waals surface area contributed by atoms with Gasteiger partial charge in [-0.15, -0.1) is 0 Å². The molecule has 0 aromatic rings. The van der Waals surface area contributed by atoms with Crippen molar-refractivity contribution in [3.8, 4) is 0 Å². The summed E-state index contributed by atoms with van der Waals surface area (Å²) in [4.78, 5) is 0. The molecule has 0 saturated carbocycles. The number of hydrogen-bond acceptors (Lipinski definition) is 21. The third-order valence-electron chi connectivity index (χ3n) is 12.8. The lowest BCUT2D eigenvalue weighted by atomic mass is 9.79. The SMILES string of the molecule is CCCCCCCCCCC(CCCCCCCCCC)(CO[C@@H]1OC(CO)[C@@H](O[C@@H](O)/C(O)=C(/O)[C@H](O)CCO)C(O)C1O)CO[C@H](O)/C(O)=C(\O)[C@H]1CC[C@](O)(/C(O)=C(/O)[C@H](O)CCO)O1. The fraction of sp³-hybridized carbons (Fsp3) is 0.872. The molecule has 0 spiro atoms. The van der Waals surface area contributed by atoms with Gasteiger partial charge in [-0.2, -0.15) is 0 Å². The van der Waals surface area contributed by atoms with E-state index >= 15 is 0 Å². The molecule has 400 valence electrons. The lowest BCUT2D eigenvalue weighted by molar-refractivity contribution is -0.327. The van der Waals surface area contributed by atoms with Gasteiger partial charge in [-0.05, 0) is 19.3 Å². The van der Waals surface area contributed by atoms with Crippen molar-refractivity contribution in [1.29, 1.82) is 0 Å². The van der Waals surface area contributed by atoms with E-state index < -0.39 is 140 Å². The minimum absolute atomic E-state index is 0.222. The Balaban J connectivity index is 2.40. The largest absolute Gasteiger partial charge is 0.506 e. The second-order valence-corrected chi connectivity index (χ2v) is 18.3. The summed E-state index contributed by atoms with van der Waals surface area (Å²) in [6.45, 7) is 1.81. The maximum absolute atomic E-state index is 11.3. The standard InChI is InChI=1S/C47H86O21/c1-3-5-7-9-11-13-15-17-22-46(23-18-16-14-12-10-8-6-4-2,28-64-43(61)39(58)36(55)32-19-24-47(63,68-32)42(60)35(54)31(52)21-26-49)29-65-45-40(59)37(56)41(33(27-50)66-45)67-44(62)38(57)34(53)30(51)20-25-48/h30-33,37,40-41,43-45,48-63H,3-29H2,1-2H3/b38-34-,39-36+,42-35-/t30-,31-,32-,33?,37?,40?,41-,43+,44-,45-,47-/m1/s1. The lowest BCUT2D eigenvalue weighted by Crippen LogP contribution is -2.61. The molecule has 68 heavy (non-hydrogen) atoms. The molecule has 0 amide bonds. The number of unbranched alkanes of at least 4 members (excludes halogenated alkanes) is 14. The van der Waals surface area contributed by atoms with E-state index in [9.17, 15) is 71.5 Å². The maximum atomic E-state index is 11.3. The van der Waals surface area contributed by atoms with Gasteiger partial charge in [-0.25, -0.2) is 0 Å². The Morgan fingerprint density at radius 3 is 1.63 bits per heavy atom. The van der Waals surface area contributed by atoms with E-state index in [0.29, 0.717) is 25.7 Å². The molecule has 2 saturated heterocycles. The molecule has 0 bridgehead atoms. The summed E-state index contributed by atoms with van der Waals surface area (Å²) in [6.07, 6.45) is -2.76. The third-order valence-corrected chi connectivity index (χ3v) is 12.8. The van der Waals surface area contributed by atoms with E-state index in [-0.39, 0.29) is 26.1 Å². The summed E-state index contributed by atoms with van der Waals surface area (Å²) in [5, 5.41) is 166. The highest BCUT2D eigenvalue weighted by Gasteiger charge is 2.49. The van der Waals surface area contributed by atoms with E-state index in [0.717, 1.165) is 89.9 Å². The van der Waals surface area contributed by atoms with Crippen LogP contribution >= 0.6 is 0 Å². The smallest absolute Gasteiger partial charge is 0.229 e. The Morgan fingerprint density at radius 2 is 1.13 bits per heavy atom. The Bertz CT molecular complexity index is 1460. The minimum atomic E-state index is -2.60. The van der Waals surface area contributed by atoms with Crippen molar-refractivity contribution < 1.29 is 105 Å². The topological polar surface area (TPSA) is 370 Å². The summed E-state index contributed by atoms with van der Waals surface area (Å²) >= 11 is 0. The van der Waals surface area contributed by atoms with Crippen LogP contribution in [0.3, 0.4) is 0 Å². The zero-order chi connectivity index (χ0) is 50.9. The molecule has 11 atom stereocenters. The predicted molar refractivity (Wildman–Crippen MR) is 245 cm³/mol. The average molecular weight is 987 g/mol. The van der Waals surface area contributed by atoms with E-state index in [1.54, 1.807) is 0 Å². The van der Waals surface area contributed by atoms with Gasteiger partial charge in [0.15, 0.2) is 40.8 Å². The van der Waals surface area contributed by atoms with Crippen LogP contribution in [0.25, 0.3) is 0 Å². The van der Waals surface area contributed by atoms with E-state index in [1.807, 2.05) is 0 Å². The number of aliphatic hydroxyl groups is 16. The average Bonchev–Trinajstić information content (AvgIpc) is 3.74. The van der Waals surface area contributed by atoms with Crippen molar-refractivity contribution >= 4 is 0 Å². The van der Waals surface area contributed by atoms with Crippen LogP contribution in [0.2, 0.25) is 0 Å². The quantitative estimate of drug-likeness (QED) is 0.0239. The molecular formula is C47H86O21. The van der Waals surface area contributed by atoms with Gasteiger partial charge < -0.3 is 105 Å². The zero-order valence-corrected chi connectivity index (χ0v) is 40.1. The molecule has 2 heterocycles. The van der Waals surface area contributed by atoms with Crippen LogP contribution < -0.4 is 0 Å². The van der Waals surface area contributed by atoms with E-state index in [1.165, 1.54) is 0 Å². The molecule has 2 aliphatic rings. The Labute approximate surface area is 400 Å². The van der Waals surface area contributed by atoms with Gasteiger partial charge in [0, 0.05) is 37.9 Å². The van der Waals surface area contributed by atoms with Crippen LogP contribution in [0.4, 0.5) is 0 Å². The molecule has 0 radical (unpaired) electrons. The summed E-state index contributed by atoms with van der Waals surface area (Å²) in [5.41, 5.74) is -0.968. The van der Waals surface area contributed by atoms with Crippen LogP contribution in [0.15, 0.2) is 34.6 Å². The molecular weight excluding hydrogens is 900 g/mol. The first-order valence-corrected chi connectivity index (χ1v) is 24.6.